The van der Waals surface area contributed by atoms with Crippen molar-refractivity contribution in [1.29, 1.82) is 0 Å². The average Bonchev–Trinajstić information content (AvgIpc) is 3.37. The Hall–Kier alpha value is -5.86. The molecule has 0 atom stereocenters. The SMILES string of the molecule is CC1(C)c2ccccc2-c2c1cc(-c1ccc(-c3nc(-c4ccccc4)cc(-c4ccccc4)n3)c3ccccc13)c1ccccc21. The molecule has 0 spiro atoms. The third-order valence-corrected chi connectivity index (χ3v) is 9.91. The highest BCUT2D eigenvalue weighted by Crippen LogP contribution is 2.53. The summed E-state index contributed by atoms with van der Waals surface area (Å²) in [7, 11) is 0. The minimum atomic E-state index is -0.0972. The van der Waals surface area contributed by atoms with Gasteiger partial charge in [-0.1, -0.05) is 153 Å². The van der Waals surface area contributed by atoms with Crippen molar-refractivity contribution >= 4 is 21.5 Å². The Morgan fingerprint density at radius 3 is 1.51 bits per heavy atom. The maximum Gasteiger partial charge on any atom is 0.161 e. The number of fused-ring (bicyclic) bond motifs is 6. The summed E-state index contributed by atoms with van der Waals surface area (Å²) >= 11 is 0. The Morgan fingerprint density at radius 1 is 0.383 bits per heavy atom. The standard InChI is InChI=1S/C45H32N2/c1-45(2)39-24-14-13-23-37(39)43-35-22-12-11-21-33(35)38(27-40(43)45)34-25-26-36(32-20-10-9-19-31(32)34)44-46-41(29-15-5-3-6-16-29)28-42(47-44)30-17-7-4-8-18-30/h3-28H,1-2H3. The zero-order chi connectivity index (χ0) is 31.5. The molecule has 0 N–H and O–H groups in total. The summed E-state index contributed by atoms with van der Waals surface area (Å²) < 4.78 is 0. The Kier molecular flexibility index (Phi) is 6.20. The van der Waals surface area contributed by atoms with Crippen molar-refractivity contribution < 1.29 is 0 Å². The van der Waals surface area contributed by atoms with Crippen LogP contribution in [0.5, 0.6) is 0 Å². The highest BCUT2D eigenvalue weighted by atomic mass is 14.9. The van der Waals surface area contributed by atoms with E-state index < -0.39 is 0 Å². The van der Waals surface area contributed by atoms with Crippen molar-refractivity contribution in [2.45, 2.75) is 19.3 Å². The molecule has 9 rings (SSSR count). The second-order valence-electron chi connectivity index (χ2n) is 13.0. The molecule has 0 unspecified atom stereocenters. The summed E-state index contributed by atoms with van der Waals surface area (Å²) in [6.45, 7) is 4.72. The molecular weight excluding hydrogens is 569 g/mol. The molecule has 0 saturated carbocycles. The Bertz CT molecular complexity index is 2420. The maximum atomic E-state index is 5.18. The lowest BCUT2D eigenvalue weighted by Gasteiger charge is -2.23. The first-order chi connectivity index (χ1) is 23.1. The van der Waals surface area contributed by atoms with Crippen LogP contribution >= 0.6 is 0 Å². The van der Waals surface area contributed by atoms with E-state index >= 15 is 0 Å². The molecule has 1 heterocycles. The van der Waals surface area contributed by atoms with Gasteiger partial charge in [-0.15, -0.1) is 0 Å². The number of nitrogens with zero attached hydrogens (tertiary/aromatic N) is 2. The van der Waals surface area contributed by atoms with Gasteiger partial charge in [-0.05, 0) is 73.1 Å². The molecule has 0 aliphatic heterocycles. The zero-order valence-corrected chi connectivity index (χ0v) is 26.4. The molecule has 0 saturated heterocycles. The largest absolute Gasteiger partial charge is 0.228 e. The van der Waals surface area contributed by atoms with E-state index in [0.29, 0.717) is 0 Å². The van der Waals surface area contributed by atoms with Crippen LogP contribution in [0.3, 0.4) is 0 Å². The van der Waals surface area contributed by atoms with E-state index in [4.69, 9.17) is 9.97 Å². The van der Waals surface area contributed by atoms with E-state index in [1.54, 1.807) is 0 Å². The molecule has 0 fully saturated rings. The molecule has 1 aliphatic carbocycles. The van der Waals surface area contributed by atoms with Crippen LogP contribution in [0.2, 0.25) is 0 Å². The average molecular weight is 601 g/mol. The van der Waals surface area contributed by atoms with Crippen molar-refractivity contribution in [2.24, 2.45) is 0 Å². The molecule has 47 heavy (non-hydrogen) atoms. The quantitative estimate of drug-likeness (QED) is 0.201. The van der Waals surface area contributed by atoms with Gasteiger partial charge in [-0.2, -0.15) is 0 Å². The summed E-state index contributed by atoms with van der Waals surface area (Å²) in [5, 5.41) is 4.91. The van der Waals surface area contributed by atoms with E-state index in [-0.39, 0.29) is 5.41 Å². The van der Waals surface area contributed by atoms with Crippen molar-refractivity contribution in [3.05, 3.63) is 169 Å². The first-order valence-corrected chi connectivity index (χ1v) is 16.3. The highest BCUT2D eigenvalue weighted by Gasteiger charge is 2.37. The second kappa shape index (κ2) is 10.6. The molecule has 0 bridgehead atoms. The van der Waals surface area contributed by atoms with Gasteiger partial charge < -0.3 is 0 Å². The molecule has 2 nitrogen and oxygen atoms in total. The smallest absolute Gasteiger partial charge is 0.161 e. The van der Waals surface area contributed by atoms with Gasteiger partial charge in [0.1, 0.15) is 0 Å². The van der Waals surface area contributed by atoms with Crippen molar-refractivity contribution in [1.82, 2.24) is 9.97 Å². The Morgan fingerprint density at radius 2 is 0.872 bits per heavy atom. The van der Waals surface area contributed by atoms with Gasteiger partial charge in [0.15, 0.2) is 5.82 Å². The topological polar surface area (TPSA) is 25.8 Å². The van der Waals surface area contributed by atoms with Crippen molar-refractivity contribution in [2.75, 3.05) is 0 Å². The highest BCUT2D eigenvalue weighted by molar-refractivity contribution is 6.13. The van der Waals surface area contributed by atoms with Crippen LogP contribution in [0.25, 0.3) is 77.7 Å². The van der Waals surface area contributed by atoms with Gasteiger partial charge in [0.2, 0.25) is 0 Å². The number of hydrogen-bond donors (Lipinski definition) is 0. The lowest BCUT2D eigenvalue weighted by molar-refractivity contribution is 0.661. The zero-order valence-electron chi connectivity index (χ0n) is 26.4. The van der Waals surface area contributed by atoms with Crippen molar-refractivity contribution in [3.63, 3.8) is 0 Å². The minimum Gasteiger partial charge on any atom is -0.228 e. The summed E-state index contributed by atoms with van der Waals surface area (Å²) in [5.74, 6) is 0.725. The van der Waals surface area contributed by atoms with E-state index in [1.807, 2.05) is 12.1 Å². The molecule has 0 amide bonds. The fourth-order valence-electron chi connectivity index (χ4n) is 7.58. The molecule has 8 aromatic rings. The third kappa shape index (κ3) is 4.33. The fraction of sp³-hybridized carbons (Fsp3) is 0.0667. The molecular formula is C45H32N2. The second-order valence-corrected chi connectivity index (χ2v) is 13.0. The molecule has 2 heteroatoms. The van der Waals surface area contributed by atoms with Crippen LogP contribution in [0, 0.1) is 0 Å². The first-order valence-electron chi connectivity index (χ1n) is 16.3. The van der Waals surface area contributed by atoms with Crippen LogP contribution in [-0.4, -0.2) is 9.97 Å². The van der Waals surface area contributed by atoms with Crippen LogP contribution in [-0.2, 0) is 5.41 Å². The molecule has 0 radical (unpaired) electrons. The van der Waals surface area contributed by atoms with Crippen LogP contribution in [0.1, 0.15) is 25.0 Å². The lowest BCUT2D eigenvalue weighted by Crippen LogP contribution is -2.15. The minimum absolute atomic E-state index is 0.0972. The molecule has 7 aromatic carbocycles. The summed E-state index contributed by atoms with van der Waals surface area (Å²) in [6, 6.07) is 56.3. The Labute approximate surface area is 275 Å². The summed E-state index contributed by atoms with van der Waals surface area (Å²) in [4.78, 5) is 10.4. The summed E-state index contributed by atoms with van der Waals surface area (Å²) in [6.07, 6.45) is 0. The van der Waals surface area contributed by atoms with E-state index in [9.17, 15) is 0 Å². The first kappa shape index (κ1) is 27.5. The number of rotatable bonds is 4. The van der Waals surface area contributed by atoms with Gasteiger partial charge in [0, 0.05) is 22.1 Å². The van der Waals surface area contributed by atoms with E-state index in [2.05, 4.69) is 159 Å². The third-order valence-electron chi connectivity index (χ3n) is 9.91. The summed E-state index contributed by atoms with van der Waals surface area (Å²) in [5.41, 5.74) is 12.9. The number of aromatic nitrogens is 2. The Balaban J connectivity index is 1.29. The predicted octanol–water partition coefficient (Wildman–Crippen LogP) is 11.8. The monoisotopic (exact) mass is 600 g/mol. The molecule has 1 aliphatic rings. The number of hydrogen-bond acceptors (Lipinski definition) is 2. The van der Waals surface area contributed by atoms with Gasteiger partial charge in [-0.3, -0.25) is 0 Å². The van der Waals surface area contributed by atoms with E-state index in [1.165, 1.54) is 49.5 Å². The maximum absolute atomic E-state index is 5.18. The van der Waals surface area contributed by atoms with Crippen LogP contribution < -0.4 is 0 Å². The number of benzene rings is 7. The fourth-order valence-corrected chi connectivity index (χ4v) is 7.58. The van der Waals surface area contributed by atoms with Crippen LogP contribution in [0.15, 0.2) is 158 Å². The van der Waals surface area contributed by atoms with Gasteiger partial charge in [0.05, 0.1) is 11.4 Å². The molecule has 222 valence electrons. The van der Waals surface area contributed by atoms with Gasteiger partial charge in [0.25, 0.3) is 0 Å². The molecule has 1 aromatic heterocycles. The normalized spacial score (nSPS) is 13.1. The predicted molar refractivity (Wildman–Crippen MR) is 196 cm³/mol. The van der Waals surface area contributed by atoms with Gasteiger partial charge in [-0.25, -0.2) is 9.97 Å². The van der Waals surface area contributed by atoms with Crippen LogP contribution in [0.4, 0.5) is 0 Å². The lowest BCUT2D eigenvalue weighted by atomic mass is 9.80. The van der Waals surface area contributed by atoms with E-state index in [0.717, 1.165) is 39.3 Å². The van der Waals surface area contributed by atoms with Gasteiger partial charge >= 0.3 is 0 Å². The van der Waals surface area contributed by atoms with Crippen molar-refractivity contribution in [3.8, 4) is 56.2 Å².